The third-order valence-electron chi connectivity index (χ3n) is 2.87. The molecular weight excluding hydrogens is 274 g/mol. The molecule has 0 fully saturated rings. The van der Waals surface area contributed by atoms with E-state index in [1.807, 2.05) is 36.4 Å². The van der Waals surface area contributed by atoms with Crippen LogP contribution in [0.15, 0.2) is 48.5 Å². The van der Waals surface area contributed by atoms with Crippen molar-refractivity contribution in [1.82, 2.24) is 0 Å². The van der Waals surface area contributed by atoms with Crippen molar-refractivity contribution in [3.8, 4) is 23.7 Å². The molecule has 0 aliphatic rings. The Morgan fingerprint density at radius 3 is 2.41 bits per heavy atom. The first-order chi connectivity index (χ1) is 10.5. The van der Waals surface area contributed by atoms with Crippen LogP contribution in [0.25, 0.3) is 0 Å². The van der Waals surface area contributed by atoms with Crippen molar-refractivity contribution >= 4 is 0 Å². The molecule has 0 amide bonds. The zero-order chi connectivity index (χ0) is 16.0. The zero-order valence-electron chi connectivity index (χ0n) is 12.6. The van der Waals surface area contributed by atoms with Gasteiger partial charge in [0.25, 0.3) is 0 Å². The number of para-hydroxylation sites is 1. The molecule has 0 unspecified atom stereocenters. The molecule has 2 rings (SSSR count). The Kier molecular flexibility index (Phi) is 4.84. The van der Waals surface area contributed by atoms with Gasteiger partial charge in [-0.3, -0.25) is 0 Å². The van der Waals surface area contributed by atoms with Crippen LogP contribution in [-0.2, 0) is 6.61 Å². The first-order valence-corrected chi connectivity index (χ1v) is 6.94. The molecule has 3 heteroatoms. The van der Waals surface area contributed by atoms with Gasteiger partial charge in [0.15, 0.2) is 0 Å². The molecule has 0 aliphatic carbocycles. The highest BCUT2D eigenvalue weighted by molar-refractivity contribution is 5.46. The monoisotopic (exact) mass is 291 g/mol. The summed E-state index contributed by atoms with van der Waals surface area (Å²) >= 11 is 0. The minimum atomic E-state index is -1.04. The maximum atomic E-state index is 9.69. The molecule has 0 spiro atoms. The summed E-state index contributed by atoms with van der Waals surface area (Å²) in [6, 6.07) is 16.8. The van der Waals surface area contributed by atoms with E-state index in [0.29, 0.717) is 17.9 Å². The predicted octanol–water partition coefficient (Wildman–Crippen LogP) is 3.26. The second-order valence-corrected chi connectivity index (χ2v) is 5.40. The predicted molar refractivity (Wildman–Crippen MR) is 85.1 cm³/mol. The Morgan fingerprint density at radius 2 is 1.77 bits per heavy atom. The molecule has 110 valence electrons. The second kappa shape index (κ2) is 6.80. The molecule has 0 aliphatic heterocycles. The van der Waals surface area contributed by atoms with E-state index in [1.165, 1.54) is 0 Å². The van der Waals surface area contributed by atoms with E-state index >= 15 is 0 Å². The average molecular weight is 291 g/mol. The fourth-order valence-electron chi connectivity index (χ4n) is 1.75. The number of nitriles is 1. The standard InChI is InChI=1S/C19H17NO2/c1-19(2,21)12-11-17-5-3-4-6-18(17)22-14-16-9-7-15(13-20)8-10-16/h3-10,21H,14H2,1-2H3. The largest absolute Gasteiger partial charge is 0.488 e. The number of hydrogen-bond acceptors (Lipinski definition) is 3. The summed E-state index contributed by atoms with van der Waals surface area (Å²) in [5, 5.41) is 18.5. The number of ether oxygens (including phenoxy) is 1. The highest BCUT2D eigenvalue weighted by Crippen LogP contribution is 2.19. The number of benzene rings is 2. The third-order valence-corrected chi connectivity index (χ3v) is 2.87. The molecule has 3 nitrogen and oxygen atoms in total. The van der Waals surface area contributed by atoms with Crippen LogP contribution >= 0.6 is 0 Å². The van der Waals surface area contributed by atoms with Crippen LogP contribution in [0.4, 0.5) is 0 Å². The SMILES string of the molecule is CC(C)(O)C#Cc1ccccc1OCc1ccc(C#N)cc1. The van der Waals surface area contributed by atoms with Crippen molar-refractivity contribution in [2.45, 2.75) is 26.1 Å². The second-order valence-electron chi connectivity index (χ2n) is 5.40. The van der Waals surface area contributed by atoms with Gasteiger partial charge in [0.1, 0.15) is 18.0 Å². The Morgan fingerprint density at radius 1 is 1.09 bits per heavy atom. The van der Waals surface area contributed by atoms with E-state index in [2.05, 4.69) is 17.9 Å². The van der Waals surface area contributed by atoms with E-state index in [9.17, 15) is 5.11 Å². The topological polar surface area (TPSA) is 53.2 Å². The smallest absolute Gasteiger partial charge is 0.135 e. The van der Waals surface area contributed by atoms with Gasteiger partial charge in [-0.15, -0.1) is 0 Å². The molecule has 2 aromatic rings. The molecule has 0 saturated heterocycles. The molecule has 0 saturated carbocycles. The van der Waals surface area contributed by atoms with E-state index in [-0.39, 0.29) is 0 Å². The van der Waals surface area contributed by atoms with Crippen LogP contribution in [0.1, 0.15) is 30.5 Å². The summed E-state index contributed by atoms with van der Waals surface area (Å²) in [6.07, 6.45) is 0. The molecule has 0 radical (unpaired) electrons. The lowest BCUT2D eigenvalue weighted by molar-refractivity contribution is 0.143. The molecule has 0 aromatic heterocycles. The van der Waals surface area contributed by atoms with Crippen molar-refractivity contribution < 1.29 is 9.84 Å². The minimum absolute atomic E-state index is 0.396. The normalized spacial score (nSPS) is 10.3. The summed E-state index contributed by atoms with van der Waals surface area (Å²) in [7, 11) is 0. The fraction of sp³-hybridized carbons (Fsp3) is 0.211. The van der Waals surface area contributed by atoms with Crippen LogP contribution in [0.5, 0.6) is 5.75 Å². The lowest BCUT2D eigenvalue weighted by Gasteiger charge is -2.09. The van der Waals surface area contributed by atoms with Crippen LogP contribution in [0, 0.1) is 23.2 Å². The first-order valence-electron chi connectivity index (χ1n) is 6.94. The van der Waals surface area contributed by atoms with Gasteiger partial charge >= 0.3 is 0 Å². The van der Waals surface area contributed by atoms with Gasteiger partial charge in [-0.2, -0.15) is 5.26 Å². The summed E-state index contributed by atoms with van der Waals surface area (Å²) < 4.78 is 5.79. The third kappa shape index (κ3) is 4.66. The van der Waals surface area contributed by atoms with Gasteiger partial charge in [0.2, 0.25) is 0 Å². The zero-order valence-corrected chi connectivity index (χ0v) is 12.6. The number of nitrogens with zero attached hydrogens (tertiary/aromatic N) is 1. The van der Waals surface area contributed by atoms with Gasteiger partial charge in [0, 0.05) is 0 Å². The first kappa shape index (κ1) is 15.6. The van der Waals surface area contributed by atoms with E-state index in [1.54, 1.807) is 26.0 Å². The van der Waals surface area contributed by atoms with Gasteiger partial charge in [-0.1, -0.05) is 36.1 Å². The lowest BCUT2D eigenvalue weighted by Crippen LogP contribution is -2.14. The fourth-order valence-corrected chi connectivity index (χ4v) is 1.75. The Balaban J connectivity index is 2.12. The van der Waals surface area contributed by atoms with Crippen molar-refractivity contribution in [3.05, 3.63) is 65.2 Å². The van der Waals surface area contributed by atoms with Crippen molar-refractivity contribution in [2.24, 2.45) is 0 Å². The van der Waals surface area contributed by atoms with Crippen LogP contribution in [-0.4, -0.2) is 10.7 Å². The molecule has 22 heavy (non-hydrogen) atoms. The van der Waals surface area contributed by atoms with Gasteiger partial charge < -0.3 is 9.84 Å². The maximum Gasteiger partial charge on any atom is 0.135 e. The summed E-state index contributed by atoms with van der Waals surface area (Å²) in [5.74, 6) is 6.39. The quantitative estimate of drug-likeness (QED) is 0.883. The van der Waals surface area contributed by atoms with Crippen LogP contribution < -0.4 is 4.74 Å². The lowest BCUT2D eigenvalue weighted by atomic mass is 10.1. The Labute approximate surface area is 130 Å². The van der Waals surface area contributed by atoms with E-state index in [0.717, 1.165) is 11.1 Å². The average Bonchev–Trinajstić information content (AvgIpc) is 2.51. The number of hydrogen-bond donors (Lipinski definition) is 1. The van der Waals surface area contributed by atoms with Gasteiger partial charge in [-0.25, -0.2) is 0 Å². The van der Waals surface area contributed by atoms with Crippen molar-refractivity contribution in [3.63, 3.8) is 0 Å². The minimum Gasteiger partial charge on any atom is -0.488 e. The highest BCUT2D eigenvalue weighted by Gasteiger charge is 2.07. The number of aliphatic hydroxyl groups is 1. The van der Waals surface area contributed by atoms with Crippen LogP contribution in [0.2, 0.25) is 0 Å². The summed E-state index contributed by atoms with van der Waals surface area (Å²) in [5.41, 5.74) is 1.29. The van der Waals surface area contributed by atoms with Crippen LogP contribution in [0.3, 0.4) is 0 Å². The number of rotatable bonds is 3. The molecule has 1 N–H and O–H groups in total. The molecule has 0 heterocycles. The maximum absolute atomic E-state index is 9.69. The van der Waals surface area contributed by atoms with E-state index in [4.69, 9.17) is 10.00 Å². The summed E-state index contributed by atoms with van der Waals surface area (Å²) in [4.78, 5) is 0. The highest BCUT2D eigenvalue weighted by atomic mass is 16.5. The Hall–Kier alpha value is -2.75. The van der Waals surface area contributed by atoms with E-state index < -0.39 is 5.60 Å². The van der Waals surface area contributed by atoms with Gasteiger partial charge in [-0.05, 0) is 43.7 Å². The molecule has 2 aromatic carbocycles. The molecular formula is C19H17NO2. The molecule has 0 atom stereocenters. The van der Waals surface area contributed by atoms with Gasteiger partial charge in [0.05, 0.1) is 17.2 Å². The summed E-state index contributed by atoms with van der Waals surface area (Å²) in [6.45, 7) is 3.67. The molecule has 0 bridgehead atoms. The van der Waals surface area contributed by atoms with Crippen molar-refractivity contribution in [1.29, 1.82) is 5.26 Å². The van der Waals surface area contributed by atoms with Crippen molar-refractivity contribution in [2.75, 3.05) is 0 Å². The Bertz CT molecular complexity index is 738.